The molecule has 3 heteroatoms. The van der Waals surface area contributed by atoms with E-state index in [-0.39, 0.29) is 16.9 Å². The molecule has 6 aliphatic rings. The van der Waals surface area contributed by atoms with Gasteiger partial charge in [0.05, 0.1) is 35.6 Å². The van der Waals surface area contributed by atoms with Gasteiger partial charge in [-0.2, -0.15) is 0 Å². The minimum Gasteiger partial charge on any atom is -0.372 e. The van der Waals surface area contributed by atoms with Crippen molar-refractivity contribution in [2.75, 3.05) is 6.61 Å². The van der Waals surface area contributed by atoms with Gasteiger partial charge in [-0.1, -0.05) is 24.3 Å². The quantitative estimate of drug-likeness (QED) is 0.732. The number of hydrogen-bond donors (Lipinski definition) is 0. The van der Waals surface area contributed by atoms with Crippen molar-refractivity contribution in [1.82, 2.24) is 0 Å². The van der Waals surface area contributed by atoms with Gasteiger partial charge >= 0.3 is 0 Å². The Morgan fingerprint density at radius 2 is 2.23 bits per heavy atom. The minimum atomic E-state index is -0.0713. The molecule has 2 saturated carbocycles. The maximum atomic E-state index is 6.23. The highest BCUT2D eigenvalue weighted by Crippen LogP contribution is 2.69. The molecule has 7 rings (SSSR count). The van der Waals surface area contributed by atoms with Crippen molar-refractivity contribution in [2.45, 2.75) is 30.4 Å². The van der Waals surface area contributed by atoms with E-state index >= 15 is 0 Å². The molecule has 5 bridgehead atoms. The van der Waals surface area contributed by atoms with Crippen LogP contribution in [0.1, 0.15) is 18.4 Å². The first kappa shape index (κ1) is 11.8. The zero-order valence-electron chi connectivity index (χ0n) is 12.4. The maximum absolute atomic E-state index is 6.23. The second kappa shape index (κ2) is 3.43. The Hall–Kier alpha value is -1.74. The third-order valence-corrected chi connectivity index (χ3v) is 7.00. The van der Waals surface area contributed by atoms with Crippen LogP contribution in [0.15, 0.2) is 46.9 Å². The normalized spacial score (nSPS) is 48.8. The lowest BCUT2D eigenvalue weighted by Gasteiger charge is -2.67. The van der Waals surface area contributed by atoms with Crippen molar-refractivity contribution in [1.29, 1.82) is 0 Å². The van der Waals surface area contributed by atoms with E-state index in [1.165, 1.54) is 11.3 Å². The number of aliphatic imine (C=N–C) groups is 2. The van der Waals surface area contributed by atoms with Gasteiger partial charge in [0.2, 0.25) is 0 Å². The molecule has 1 aromatic carbocycles. The van der Waals surface area contributed by atoms with Crippen molar-refractivity contribution in [3.8, 4) is 0 Å². The summed E-state index contributed by atoms with van der Waals surface area (Å²) in [4.78, 5) is 9.95. The summed E-state index contributed by atoms with van der Waals surface area (Å²) >= 11 is 0. The topological polar surface area (TPSA) is 34.0 Å². The number of benzene rings is 1. The standard InChI is InChI=1S/C19H18N2O/c1-2-18-10-20-15-8-19(18)12-5-3-4-6-14(12)21-17(19)16-7-13(18)11(15)9-22-16/h2-6,10-11,13,15-16H,1,7-9H2/t11-,13+,15-,16+,18-,19-/m0/s1. The first-order valence-corrected chi connectivity index (χ1v) is 8.28. The Labute approximate surface area is 129 Å². The van der Waals surface area contributed by atoms with Gasteiger partial charge in [-0.3, -0.25) is 9.98 Å². The first-order valence-electron chi connectivity index (χ1n) is 8.28. The molecule has 4 heterocycles. The van der Waals surface area contributed by atoms with Crippen LogP contribution in [-0.2, 0) is 10.2 Å². The summed E-state index contributed by atoms with van der Waals surface area (Å²) < 4.78 is 6.23. The fourth-order valence-electron chi connectivity index (χ4n) is 6.17. The number of para-hydroxylation sites is 1. The van der Waals surface area contributed by atoms with Crippen molar-refractivity contribution < 1.29 is 4.74 Å². The molecule has 3 fully saturated rings. The summed E-state index contributed by atoms with van der Waals surface area (Å²) in [6, 6.07) is 9.02. The van der Waals surface area contributed by atoms with Crippen LogP contribution in [0, 0.1) is 17.3 Å². The van der Waals surface area contributed by atoms with Gasteiger partial charge < -0.3 is 4.74 Å². The van der Waals surface area contributed by atoms with Gasteiger partial charge in [-0.15, -0.1) is 6.58 Å². The third kappa shape index (κ3) is 0.960. The first-order chi connectivity index (χ1) is 10.8. The monoisotopic (exact) mass is 290 g/mol. The third-order valence-electron chi connectivity index (χ3n) is 7.00. The van der Waals surface area contributed by atoms with Crippen molar-refractivity contribution >= 4 is 17.6 Å². The maximum Gasteiger partial charge on any atom is 0.0969 e. The van der Waals surface area contributed by atoms with E-state index < -0.39 is 0 Å². The number of fused-ring (bicyclic) bond motifs is 3. The number of nitrogens with zero attached hydrogens (tertiary/aromatic N) is 2. The Balaban J connectivity index is 1.75. The van der Waals surface area contributed by atoms with Crippen LogP contribution in [-0.4, -0.2) is 30.7 Å². The Kier molecular flexibility index (Phi) is 1.84. The second-order valence-corrected chi connectivity index (χ2v) is 7.43. The molecule has 0 amide bonds. The van der Waals surface area contributed by atoms with Crippen LogP contribution in [0.3, 0.4) is 0 Å². The van der Waals surface area contributed by atoms with E-state index in [0.29, 0.717) is 17.9 Å². The number of allylic oxidation sites excluding steroid dienone is 1. The molecule has 110 valence electrons. The minimum absolute atomic E-state index is 0.0533. The molecule has 2 aliphatic carbocycles. The molecule has 0 unspecified atom stereocenters. The van der Waals surface area contributed by atoms with E-state index in [1.54, 1.807) is 0 Å². The van der Waals surface area contributed by atoms with Gasteiger partial charge in [-0.05, 0) is 30.4 Å². The predicted molar refractivity (Wildman–Crippen MR) is 86.1 cm³/mol. The van der Waals surface area contributed by atoms with Crippen LogP contribution in [0.4, 0.5) is 5.69 Å². The highest BCUT2D eigenvalue weighted by molar-refractivity contribution is 6.10. The Bertz CT molecular complexity index is 781. The lowest BCUT2D eigenvalue weighted by atomic mass is 9.39. The van der Waals surface area contributed by atoms with Crippen molar-refractivity contribution in [2.24, 2.45) is 27.2 Å². The molecular weight excluding hydrogens is 272 g/mol. The second-order valence-electron chi connectivity index (χ2n) is 7.43. The number of hydrogen-bond acceptors (Lipinski definition) is 3. The zero-order chi connectivity index (χ0) is 14.5. The molecular formula is C19H18N2O. The van der Waals surface area contributed by atoms with Crippen molar-refractivity contribution in [3.05, 3.63) is 42.5 Å². The van der Waals surface area contributed by atoms with Gasteiger partial charge in [0.25, 0.3) is 0 Å². The smallest absolute Gasteiger partial charge is 0.0969 e. The lowest BCUT2D eigenvalue weighted by Crippen LogP contribution is -2.73. The van der Waals surface area contributed by atoms with E-state index in [4.69, 9.17) is 14.7 Å². The Morgan fingerprint density at radius 1 is 1.32 bits per heavy atom. The van der Waals surface area contributed by atoms with Gasteiger partial charge in [-0.25, -0.2) is 0 Å². The largest absolute Gasteiger partial charge is 0.372 e. The van der Waals surface area contributed by atoms with E-state index in [0.717, 1.165) is 25.1 Å². The molecule has 4 aliphatic heterocycles. The van der Waals surface area contributed by atoms with E-state index in [1.807, 2.05) is 0 Å². The summed E-state index contributed by atoms with van der Waals surface area (Å²) in [5.74, 6) is 1.16. The van der Waals surface area contributed by atoms with E-state index in [9.17, 15) is 0 Å². The summed E-state index contributed by atoms with van der Waals surface area (Å²) in [7, 11) is 0. The molecule has 3 nitrogen and oxygen atoms in total. The Morgan fingerprint density at radius 3 is 3.14 bits per heavy atom. The summed E-state index contributed by atoms with van der Waals surface area (Å²) in [6.45, 7) is 5.09. The van der Waals surface area contributed by atoms with Crippen LogP contribution >= 0.6 is 0 Å². The molecule has 0 aromatic heterocycles. The molecule has 0 N–H and O–H groups in total. The molecule has 0 radical (unpaired) electrons. The van der Waals surface area contributed by atoms with Crippen molar-refractivity contribution in [3.63, 3.8) is 0 Å². The lowest BCUT2D eigenvalue weighted by molar-refractivity contribution is -0.106. The highest BCUT2D eigenvalue weighted by atomic mass is 16.5. The molecule has 22 heavy (non-hydrogen) atoms. The summed E-state index contributed by atoms with van der Waals surface area (Å²) in [5.41, 5.74) is 3.63. The van der Waals surface area contributed by atoms with Crippen LogP contribution < -0.4 is 0 Å². The van der Waals surface area contributed by atoms with Gasteiger partial charge in [0, 0.05) is 17.5 Å². The fourth-order valence-corrected chi connectivity index (χ4v) is 6.17. The average molecular weight is 290 g/mol. The summed E-state index contributed by atoms with van der Waals surface area (Å²) in [5, 5.41) is 0. The molecule has 1 spiro atoms. The predicted octanol–water partition coefficient (Wildman–Crippen LogP) is 3.07. The number of ether oxygens (including phenoxy) is 1. The highest BCUT2D eigenvalue weighted by Gasteiger charge is 2.72. The van der Waals surface area contributed by atoms with Crippen LogP contribution in [0.5, 0.6) is 0 Å². The van der Waals surface area contributed by atoms with Gasteiger partial charge in [0.1, 0.15) is 0 Å². The fraction of sp³-hybridized carbons (Fsp3) is 0.474. The molecule has 6 atom stereocenters. The van der Waals surface area contributed by atoms with Crippen LogP contribution in [0.25, 0.3) is 0 Å². The van der Waals surface area contributed by atoms with Crippen LogP contribution in [0.2, 0.25) is 0 Å². The summed E-state index contributed by atoms with van der Waals surface area (Å²) in [6.07, 6.45) is 6.76. The SMILES string of the molecule is C=C[C@@]12C=N[C@H]3C[C@]14C(=Nc1ccccc14)[C@H]1C[C@@H]2[C@@H]3CO1. The number of rotatable bonds is 1. The molecule has 1 aromatic rings. The zero-order valence-corrected chi connectivity index (χ0v) is 12.4. The van der Waals surface area contributed by atoms with E-state index in [2.05, 4.69) is 43.1 Å². The average Bonchev–Trinajstić information content (AvgIpc) is 2.90. The molecule has 1 saturated heterocycles. The van der Waals surface area contributed by atoms with Gasteiger partial charge in [0.15, 0.2) is 0 Å².